The molecule has 3 aromatic rings. The Labute approximate surface area is 155 Å². The van der Waals surface area contributed by atoms with Gasteiger partial charge in [0.05, 0.1) is 20.9 Å². The molecule has 4 rings (SSSR count). The van der Waals surface area contributed by atoms with E-state index in [4.69, 9.17) is 0 Å². The Morgan fingerprint density at radius 2 is 2.04 bits per heavy atom. The Kier molecular flexibility index (Phi) is 4.58. The Morgan fingerprint density at radius 3 is 2.88 bits per heavy atom. The Morgan fingerprint density at radius 1 is 1.15 bits per heavy atom. The molecule has 1 N–H and O–H groups in total. The minimum Gasteiger partial charge on any atom is -0.338 e. The summed E-state index contributed by atoms with van der Waals surface area (Å²) < 4.78 is 0. The molecule has 5 nitrogen and oxygen atoms in total. The van der Waals surface area contributed by atoms with Crippen molar-refractivity contribution in [3.8, 4) is 0 Å². The summed E-state index contributed by atoms with van der Waals surface area (Å²) in [6.07, 6.45) is 5.06. The number of allylic oxidation sites excluding steroid dienone is 2. The smallest absolute Gasteiger partial charge is 0.270 e. The van der Waals surface area contributed by atoms with Crippen LogP contribution in [0.4, 0.5) is 5.69 Å². The van der Waals surface area contributed by atoms with E-state index in [-0.39, 0.29) is 10.6 Å². The van der Waals surface area contributed by atoms with Crippen molar-refractivity contribution in [2.75, 3.05) is 0 Å². The predicted octanol–water partition coefficient (Wildman–Crippen LogP) is 5.77. The first-order valence-electron chi connectivity index (χ1n) is 8.46. The number of rotatable bonds is 3. The molecule has 6 heteroatoms. The molecular weight excluding hydrogens is 346 g/mol. The second-order valence-corrected chi connectivity index (χ2v) is 7.04. The van der Waals surface area contributed by atoms with Crippen LogP contribution in [0, 0.1) is 10.1 Å². The molecule has 1 aromatic heterocycles. The molecule has 1 aliphatic rings. The third kappa shape index (κ3) is 3.41. The molecule has 0 spiro atoms. The first-order valence-corrected chi connectivity index (χ1v) is 9.34. The quantitative estimate of drug-likeness (QED) is 0.473. The van der Waals surface area contributed by atoms with Gasteiger partial charge in [0.15, 0.2) is 0 Å². The Bertz CT molecular complexity index is 1000. The van der Waals surface area contributed by atoms with E-state index in [0.29, 0.717) is 0 Å². The van der Waals surface area contributed by atoms with Crippen molar-refractivity contribution in [2.24, 2.45) is 0 Å². The number of thioether (sulfide) groups is 1. The van der Waals surface area contributed by atoms with Gasteiger partial charge in [-0.05, 0) is 47.9 Å². The number of fused-ring (bicyclic) bond motifs is 1. The number of para-hydroxylation sites is 2. The van der Waals surface area contributed by atoms with Crippen LogP contribution in [0.2, 0.25) is 0 Å². The molecule has 0 amide bonds. The van der Waals surface area contributed by atoms with Gasteiger partial charge in [0.25, 0.3) is 5.69 Å². The fourth-order valence-corrected chi connectivity index (χ4v) is 3.97. The van der Waals surface area contributed by atoms with Crippen LogP contribution in [-0.2, 0) is 0 Å². The molecule has 1 aliphatic heterocycles. The fourth-order valence-electron chi connectivity index (χ4n) is 3.02. The molecule has 0 saturated heterocycles. The lowest BCUT2D eigenvalue weighted by Gasteiger charge is -2.11. The highest BCUT2D eigenvalue weighted by atomic mass is 32.2. The van der Waals surface area contributed by atoms with E-state index < -0.39 is 0 Å². The van der Waals surface area contributed by atoms with Crippen molar-refractivity contribution in [1.82, 2.24) is 9.97 Å². The highest BCUT2D eigenvalue weighted by Crippen LogP contribution is 2.36. The van der Waals surface area contributed by atoms with E-state index in [1.165, 1.54) is 6.07 Å². The summed E-state index contributed by atoms with van der Waals surface area (Å²) in [4.78, 5) is 19.8. The van der Waals surface area contributed by atoms with Crippen LogP contribution in [0.3, 0.4) is 0 Å². The third-order valence-electron chi connectivity index (χ3n) is 4.36. The normalized spacial score (nSPS) is 19.1. The van der Waals surface area contributed by atoms with Crippen LogP contribution >= 0.6 is 11.8 Å². The third-order valence-corrected chi connectivity index (χ3v) is 5.37. The summed E-state index contributed by atoms with van der Waals surface area (Å²) in [5.41, 5.74) is 4.14. The first-order chi connectivity index (χ1) is 12.7. The molecule has 0 atom stereocenters. The van der Waals surface area contributed by atoms with Crippen LogP contribution in [0.15, 0.2) is 60.0 Å². The number of nitro benzene ring substituents is 1. The zero-order valence-corrected chi connectivity index (χ0v) is 14.8. The average Bonchev–Trinajstić information content (AvgIpc) is 3.05. The minimum absolute atomic E-state index is 0.128. The van der Waals surface area contributed by atoms with Crippen LogP contribution in [0.5, 0.6) is 0 Å². The number of nitro groups is 1. The van der Waals surface area contributed by atoms with Crippen molar-refractivity contribution in [3.63, 3.8) is 0 Å². The lowest BCUT2D eigenvalue weighted by Crippen LogP contribution is -1.92. The minimum atomic E-state index is -0.347. The van der Waals surface area contributed by atoms with E-state index in [0.717, 1.165) is 52.2 Å². The van der Waals surface area contributed by atoms with Crippen molar-refractivity contribution in [1.29, 1.82) is 0 Å². The predicted molar refractivity (Wildman–Crippen MR) is 107 cm³/mol. The van der Waals surface area contributed by atoms with Crippen LogP contribution in [0.1, 0.15) is 30.7 Å². The SMILES string of the molecule is O=[N+]([O-])c1cccc(/C2=C/S/C(c3nc4ccccc4[nH]3)=C/CCC2)c1. The largest absolute Gasteiger partial charge is 0.338 e. The number of hydrogen-bond acceptors (Lipinski definition) is 4. The van der Waals surface area contributed by atoms with E-state index in [1.54, 1.807) is 23.9 Å². The zero-order chi connectivity index (χ0) is 17.9. The number of nitrogens with zero attached hydrogens (tertiary/aromatic N) is 2. The molecule has 0 bridgehead atoms. The summed E-state index contributed by atoms with van der Waals surface area (Å²) in [6, 6.07) is 14.8. The highest BCUT2D eigenvalue weighted by Gasteiger charge is 2.13. The number of benzene rings is 2. The second-order valence-electron chi connectivity index (χ2n) is 6.13. The Balaban J connectivity index is 1.64. The summed E-state index contributed by atoms with van der Waals surface area (Å²) in [6.45, 7) is 0. The van der Waals surface area contributed by atoms with Gasteiger partial charge < -0.3 is 4.98 Å². The number of imidazole rings is 1. The lowest BCUT2D eigenvalue weighted by molar-refractivity contribution is -0.384. The molecule has 0 unspecified atom stereocenters. The van der Waals surface area contributed by atoms with Crippen molar-refractivity contribution in [3.05, 3.63) is 81.5 Å². The number of hydrogen-bond donors (Lipinski definition) is 1. The number of aromatic nitrogens is 2. The maximum absolute atomic E-state index is 11.0. The molecule has 130 valence electrons. The maximum Gasteiger partial charge on any atom is 0.270 e. The zero-order valence-electron chi connectivity index (χ0n) is 14.0. The number of nitrogens with one attached hydrogen (secondary N) is 1. The van der Waals surface area contributed by atoms with Gasteiger partial charge in [-0.1, -0.05) is 42.1 Å². The van der Waals surface area contributed by atoms with Crippen molar-refractivity contribution in [2.45, 2.75) is 19.3 Å². The lowest BCUT2D eigenvalue weighted by atomic mass is 10.0. The standard InChI is InChI=1S/C20H17N3O2S/c24-23(25)16-8-5-7-14(12-16)15-6-1-4-11-19(26-13-15)20-21-17-9-2-3-10-18(17)22-20/h2-3,5,7-13H,1,4,6H2,(H,21,22)/b15-13+,19-11+. The van der Waals surface area contributed by atoms with Gasteiger partial charge in [0, 0.05) is 12.1 Å². The fraction of sp³-hybridized carbons (Fsp3) is 0.150. The maximum atomic E-state index is 11.0. The molecule has 26 heavy (non-hydrogen) atoms. The second kappa shape index (κ2) is 7.17. The van der Waals surface area contributed by atoms with Crippen LogP contribution in [0.25, 0.3) is 21.5 Å². The number of aromatic amines is 1. The molecule has 0 aliphatic carbocycles. The average molecular weight is 363 g/mol. The summed E-state index contributed by atoms with van der Waals surface area (Å²) in [5.74, 6) is 0.868. The molecule has 0 fully saturated rings. The Hall–Kier alpha value is -2.86. The highest BCUT2D eigenvalue weighted by molar-refractivity contribution is 8.11. The topological polar surface area (TPSA) is 71.8 Å². The van der Waals surface area contributed by atoms with Gasteiger partial charge in [-0.15, -0.1) is 0 Å². The van der Waals surface area contributed by atoms with Gasteiger partial charge >= 0.3 is 0 Å². The number of H-pyrrole nitrogens is 1. The van der Waals surface area contributed by atoms with Crippen molar-refractivity contribution < 1.29 is 4.92 Å². The van der Waals surface area contributed by atoms with Crippen LogP contribution < -0.4 is 0 Å². The number of non-ortho nitro benzene ring substituents is 1. The van der Waals surface area contributed by atoms with Gasteiger partial charge in [-0.2, -0.15) is 0 Å². The van der Waals surface area contributed by atoms with Gasteiger partial charge in [0.2, 0.25) is 0 Å². The van der Waals surface area contributed by atoms with Crippen molar-refractivity contribution >= 4 is 39.0 Å². The van der Waals surface area contributed by atoms with Gasteiger partial charge in [0.1, 0.15) is 5.82 Å². The molecule has 2 heterocycles. The van der Waals surface area contributed by atoms with E-state index in [9.17, 15) is 10.1 Å². The monoisotopic (exact) mass is 363 g/mol. The molecule has 0 saturated carbocycles. The van der Waals surface area contributed by atoms with E-state index in [2.05, 4.69) is 21.5 Å². The molecule has 0 radical (unpaired) electrons. The summed E-state index contributed by atoms with van der Waals surface area (Å²) in [5, 5.41) is 13.1. The van der Waals surface area contributed by atoms with E-state index in [1.807, 2.05) is 30.3 Å². The van der Waals surface area contributed by atoms with Crippen LogP contribution in [-0.4, -0.2) is 14.9 Å². The molecular formula is C20H17N3O2S. The first kappa shape index (κ1) is 16.6. The molecule has 2 aromatic carbocycles. The van der Waals surface area contributed by atoms with Gasteiger partial charge in [-0.3, -0.25) is 10.1 Å². The van der Waals surface area contributed by atoms with Gasteiger partial charge in [-0.25, -0.2) is 4.98 Å². The van der Waals surface area contributed by atoms with E-state index >= 15 is 0 Å². The summed E-state index contributed by atoms with van der Waals surface area (Å²) >= 11 is 1.62. The summed E-state index contributed by atoms with van der Waals surface area (Å²) in [7, 11) is 0.